The molecule has 0 radical (unpaired) electrons. The third-order valence-electron chi connectivity index (χ3n) is 6.32. The summed E-state index contributed by atoms with van der Waals surface area (Å²) in [4.78, 5) is 1.44. The van der Waals surface area contributed by atoms with E-state index in [2.05, 4.69) is 115 Å². The van der Waals surface area contributed by atoms with Gasteiger partial charge in [-0.2, -0.15) is 17.2 Å². The average molecular weight is 501 g/mol. The Bertz CT molecular complexity index is 1320. The maximum Gasteiger partial charge on any atom is 0.219 e. The molecule has 172 valence electrons. The standard InChI is InChI=1S/C30H30NPS2/c1-2-3-12-25-21-23(22-30-32(19-11-20-33)28-17-9-10-18-29(28)34-30)26-15-7-8-16-27(26)31(25)24-13-5-4-6-14-24/h4-10,13-18,21-22H,2-3,11-12,19-20H2,1H3/p+1. The number of hydrogen-bond acceptors (Lipinski definition) is 2. The summed E-state index contributed by atoms with van der Waals surface area (Å²) >= 11 is 6.49. The molecule has 4 heteroatoms. The minimum absolute atomic E-state index is 0.313. The minimum Gasteiger partial charge on any atom is -0.179 e. The highest BCUT2D eigenvalue weighted by atomic mass is 32.2. The lowest BCUT2D eigenvalue weighted by Gasteiger charge is -2.14. The zero-order valence-electron chi connectivity index (χ0n) is 19.7. The molecule has 0 saturated heterocycles. The van der Waals surface area contributed by atoms with E-state index < -0.39 is 0 Å². The third-order valence-corrected chi connectivity index (χ3v) is 11.0. The third kappa shape index (κ3) is 4.85. The molecular formula is C30H31NPS2+. The molecule has 5 rings (SSSR count). The number of fused-ring (bicyclic) bond motifs is 2. The molecule has 0 N–H and O–H groups in total. The SMILES string of the molecule is CCCCc1cc(C=C2Sc3ccccc3P2CCCS)c2ccccc2[n+]1-c1ccccc1. The van der Waals surface area contributed by atoms with Crippen LogP contribution in [0.1, 0.15) is 37.4 Å². The van der Waals surface area contributed by atoms with Crippen LogP contribution in [0, 0.1) is 0 Å². The van der Waals surface area contributed by atoms with Gasteiger partial charge in [0.2, 0.25) is 11.2 Å². The fourth-order valence-corrected chi connectivity index (χ4v) is 9.67. The number of hydrogen-bond donors (Lipinski definition) is 1. The second-order valence-corrected chi connectivity index (χ2v) is 12.8. The molecule has 0 aliphatic carbocycles. The van der Waals surface area contributed by atoms with Gasteiger partial charge in [-0.1, -0.05) is 73.6 Å². The van der Waals surface area contributed by atoms with Gasteiger partial charge in [0, 0.05) is 40.2 Å². The smallest absolute Gasteiger partial charge is 0.179 e. The van der Waals surface area contributed by atoms with Crippen molar-refractivity contribution in [1.82, 2.24) is 0 Å². The largest absolute Gasteiger partial charge is 0.219 e. The summed E-state index contributed by atoms with van der Waals surface area (Å²) in [5.74, 6) is 0.950. The van der Waals surface area contributed by atoms with E-state index in [-0.39, 0.29) is 7.92 Å². The Balaban J connectivity index is 1.68. The second kappa shape index (κ2) is 11.1. The number of rotatable bonds is 8. The summed E-state index contributed by atoms with van der Waals surface area (Å²) in [7, 11) is -0.313. The van der Waals surface area contributed by atoms with Crippen molar-refractivity contribution >= 4 is 54.6 Å². The molecule has 1 nitrogen and oxygen atoms in total. The highest BCUT2D eigenvalue weighted by Gasteiger charge is 2.28. The number of thiol groups is 1. The predicted octanol–water partition coefficient (Wildman–Crippen LogP) is 7.99. The Morgan fingerprint density at radius 3 is 2.50 bits per heavy atom. The molecule has 0 bridgehead atoms. The van der Waals surface area contributed by atoms with Crippen LogP contribution in [0.2, 0.25) is 0 Å². The average Bonchev–Trinajstić information content (AvgIpc) is 3.23. The van der Waals surface area contributed by atoms with Crippen LogP contribution < -0.4 is 9.87 Å². The normalized spacial score (nSPS) is 16.3. The van der Waals surface area contributed by atoms with Gasteiger partial charge in [0.15, 0.2) is 5.69 Å². The number of aryl methyl sites for hydroxylation is 1. The summed E-state index contributed by atoms with van der Waals surface area (Å²) < 4.78 is 4.00. The Morgan fingerprint density at radius 2 is 1.68 bits per heavy atom. The maximum absolute atomic E-state index is 4.51. The van der Waals surface area contributed by atoms with Gasteiger partial charge in [0.05, 0.1) is 5.39 Å². The number of nitrogens with zero attached hydrogens (tertiary/aromatic N) is 1. The molecule has 1 aromatic heterocycles. The van der Waals surface area contributed by atoms with Crippen LogP contribution >= 0.6 is 32.3 Å². The van der Waals surface area contributed by atoms with E-state index >= 15 is 0 Å². The van der Waals surface area contributed by atoms with Crippen molar-refractivity contribution in [3.8, 4) is 5.69 Å². The highest BCUT2D eigenvalue weighted by molar-refractivity contribution is 8.14. The van der Waals surface area contributed by atoms with Crippen molar-refractivity contribution in [2.24, 2.45) is 0 Å². The number of aromatic nitrogens is 1. The lowest BCUT2D eigenvalue weighted by molar-refractivity contribution is -0.576. The van der Waals surface area contributed by atoms with Crippen molar-refractivity contribution in [3.05, 3.63) is 101 Å². The quantitative estimate of drug-likeness (QED) is 0.146. The summed E-state index contributed by atoms with van der Waals surface area (Å²) in [6, 6.07) is 31.2. The highest BCUT2D eigenvalue weighted by Crippen LogP contribution is 2.60. The molecule has 0 fully saturated rings. The first kappa shape index (κ1) is 23.7. The molecule has 34 heavy (non-hydrogen) atoms. The Kier molecular flexibility index (Phi) is 7.74. The van der Waals surface area contributed by atoms with Gasteiger partial charge in [-0.25, -0.2) is 0 Å². The van der Waals surface area contributed by atoms with Crippen LogP contribution in [-0.4, -0.2) is 11.9 Å². The lowest BCUT2D eigenvalue weighted by atomic mass is 10.0. The van der Waals surface area contributed by atoms with E-state index in [1.165, 1.54) is 56.4 Å². The molecule has 0 saturated carbocycles. The Hall–Kier alpha value is -2.06. The number of unbranched alkanes of at least 4 members (excludes halogenated alkanes) is 1. The van der Waals surface area contributed by atoms with Crippen LogP contribution in [0.3, 0.4) is 0 Å². The molecule has 1 atom stereocenters. The monoisotopic (exact) mass is 500 g/mol. The van der Waals surface area contributed by atoms with Gasteiger partial charge in [0.1, 0.15) is 0 Å². The van der Waals surface area contributed by atoms with Crippen molar-refractivity contribution in [3.63, 3.8) is 0 Å². The van der Waals surface area contributed by atoms with E-state index in [9.17, 15) is 0 Å². The van der Waals surface area contributed by atoms with E-state index in [1.54, 1.807) is 5.30 Å². The predicted molar refractivity (Wildman–Crippen MR) is 154 cm³/mol. The summed E-state index contributed by atoms with van der Waals surface area (Å²) in [5.41, 5.74) is 5.26. The number of thioether (sulfide) groups is 1. The molecule has 2 heterocycles. The van der Waals surface area contributed by atoms with Crippen molar-refractivity contribution in [2.75, 3.05) is 11.9 Å². The summed E-state index contributed by atoms with van der Waals surface area (Å²) in [5, 5.41) is 2.86. The van der Waals surface area contributed by atoms with Crippen molar-refractivity contribution < 1.29 is 4.57 Å². The zero-order valence-corrected chi connectivity index (χ0v) is 22.3. The number of pyridine rings is 1. The first-order valence-electron chi connectivity index (χ1n) is 12.2. The molecule has 4 aromatic rings. The Morgan fingerprint density at radius 1 is 0.912 bits per heavy atom. The molecule has 1 unspecified atom stereocenters. The van der Waals surface area contributed by atoms with Crippen LogP contribution in [0.4, 0.5) is 0 Å². The van der Waals surface area contributed by atoms with E-state index in [0.29, 0.717) is 0 Å². The zero-order chi connectivity index (χ0) is 23.3. The fraction of sp³-hybridized carbons (Fsp3) is 0.233. The topological polar surface area (TPSA) is 3.88 Å². The van der Waals surface area contributed by atoms with Crippen molar-refractivity contribution in [2.45, 2.75) is 37.5 Å². The molecular weight excluding hydrogens is 469 g/mol. The Labute approximate surface area is 214 Å². The number of benzene rings is 3. The molecule has 1 aliphatic heterocycles. The maximum atomic E-state index is 4.51. The van der Waals surface area contributed by atoms with E-state index in [1.807, 2.05) is 11.8 Å². The molecule has 1 aliphatic rings. The van der Waals surface area contributed by atoms with E-state index in [0.717, 1.165) is 18.6 Å². The second-order valence-electron chi connectivity index (χ2n) is 8.66. The molecule has 0 amide bonds. The fourth-order valence-electron chi connectivity index (χ4n) is 4.69. The first-order valence-corrected chi connectivity index (χ1v) is 15.2. The van der Waals surface area contributed by atoms with Crippen molar-refractivity contribution in [1.29, 1.82) is 0 Å². The van der Waals surface area contributed by atoms with E-state index in [4.69, 9.17) is 0 Å². The molecule has 3 aromatic carbocycles. The lowest BCUT2D eigenvalue weighted by Crippen LogP contribution is -2.37. The van der Waals surface area contributed by atoms with Crippen LogP contribution in [0.25, 0.3) is 22.7 Å². The van der Waals surface area contributed by atoms with Gasteiger partial charge >= 0.3 is 0 Å². The van der Waals surface area contributed by atoms with Gasteiger partial charge < -0.3 is 0 Å². The van der Waals surface area contributed by atoms with Gasteiger partial charge in [0.25, 0.3) is 0 Å². The van der Waals surface area contributed by atoms with Gasteiger partial charge in [-0.05, 0) is 61.8 Å². The first-order chi connectivity index (χ1) is 16.8. The van der Waals surface area contributed by atoms with Gasteiger partial charge in [-0.3, -0.25) is 0 Å². The minimum atomic E-state index is -0.313. The van der Waals surface area contributed by atoms with Crippen LogP contribution in [-0.2, 0) is 6.42 Å². The summed E-state index contributed by atoms with van der Waals surface area (Å²) in [6.45, 7) is 2.28. The number of para-hydroxylation sites is 2. The molecule has 0 spiro atoms. The summed E-state index contributed by atoms with van der Waals surface area (Å²) in [6.07, 6.45) is 8.34. The van der Waals surface area contributed by atoms with Gasteiger partial charge in [-0.15, -0.1) is 0 Å². The van der Waals surface area contributed by atoms with Crippen LogP contribution in [0.15, 0.2) is 94.5 Å². The van der Waals surface area contributed by atoms with Crippen LogP contribution in [0.5, 0.6) is 0 Å².